The second-order valence-electron chi connectivity index (χ2n) is 14.0. The molecular formula is C50H33NO2. The summed E-state index contributed by atoms with van der Waals surface area (Å²) in [5.74, 6) is 0.950. The average Bonchev–Trinajstić information content (AvgIpc) is 3.80. The minimum absolute atomic E-state index is 0.0307. The molecule has 2 aliphatic rings. The van der Waals surface area contributed by atoms with E-state index in [0.29, 0.717) is 0 Å². The highest BCUT2D eigenvalue weighted by atomic mass is 16.5. The maximum atomic E-state index is 6.68. The van der Waals surface area contributed by atoms with Gasteiger partial charge < -0.3 is 14.5 Å². The molecule has 2 heterocycles. The largest absolute Gasteiger partial charge is 0.485 e. The fourth-order valence-corrected chi connectivity index (χ4v) is 8.63. The van der Waals surface area contributed by atoms with Gasteiger partial charge in [0, 0.05) is 33.3 Å². The number of furan rings is 1. The van der Waals surface area contributed by atoms with Gasteiger partial charge in [0.2, 0.25) is 0 Å². The zero-order valence-electron chi connectivity index (χ0n) is 28.8. The quantitative estimate of drug-likeness (QED) is 0.184. The molecule has 0 saturated carbocycles. The van der Waals surface area contributed by atoms with Crippen molar-refractivity contribution in [3.8, 4) is 28.0 Å². The first kappa shape index (κ1) is 29.8. The van der Waals surface area contributed by atoms with Gasteiger partial charge in [0.1, 0.15) is 23.0 Å². The van der Waals surface area contributed by atoms with E-state index in [1.807, 2.05) is 12.1 Å². The molecule has 3 nitrogen and oxygen atoms in total. The van der Waals surface area contributed by atoms with Crippen LogP contribution in [0.2, 0.25) is 0 Å². The molecule has 0 saturated heterocycles. The molecule has 1 aliphatic carbocycles. The summed E-state index contributed by atoms with van der Waals surface area (Å²) in [4.78, 5) is 0. The molecule has 0 bridgehead atoms. The van der Waals surface area contributed by atoms with Gasteiger partial charge in [-0.2, -0.15) is 0 Å². The van der Waals surface area contributed by atoms with Crippen LogP contribution in [0, 0.1) is 0 Å². The summed E-state index contributed by atoms with van der Waals surface area (Å²) in [7, 11) is 0. The lowest BCUT2D eigenvalue weighted by molar-refractivity contribution is 0.271. The number of para-hydroxylation sites is 2. The van der Waals surface area contributed by atoms with Crippen molar-refractivity contribution < 1.29 is 9.15 Å². The standard InChI is InChI=1S/C50H33NO2/c1-2-15-35-33(12-1)29-41(39-18-4-3-17-38(35)39)32-14-9-13-31(28-32)37-20-10-24-47-49(37)50-44(22-11-25-48(50)53-47)51-43-21-7-5-16-36(43)34-26-27-46-42(30-34)40-19-6-8-23-45(40)52-46/h1-30,47,49,51H. The van der Waals surface area contributed by atoms with Gasteiger partial charge in [0.25, 0.3) is 0 Å². The molecule has 1 aliphatic heterocycles. The van der Waals surface area contributed by atoms with E-state index in [9.17, 15) is 0 Å². The number of benzene rings is 8. The Morgan fingerprint density at radius 3 is 2.13 bits per heavy atom. The van der Waals surface area contributed by atoms with Crippen LogP contribution in [0.25, 0.3) is 71.3 Å². The van der Waals surface area contributed by atoms with E-state index >= 15 is 0 Å². The van der Waals surface area contributed by atoms with E-state index in [1.165, 1.54) is 49.4 Å². The molecule has 1 N–H and O–H groups in total. The zero-order chi connectivity index (χ0) is 34.9. The number of fused-ring (bicyclic) bond motifs is 9. The molecule has 9 aromatic rings. The third kappa shape index (κ3) is 4.82. The lowest BCUT2D eigenvalue weighted by Gasteiger charge is -2.25. The fraction of sp³-hybridized carbons (Fsp3) is 0.0400. The van der Waals surface area contributed by atoms with Crippen LogP contribution < -0.4 is 10.1 Å². The second-order valence-corrected chi connectivity index (χ2v) is 14.0. The van der Waals surface area contributed by atoms with Crippen molar-refractivity contribution in [3.63, 3.8) is 0 Å². The Labute approximate surface area is 307 Å². The Bertz CT molecular complexity index is 2980. The Morgan fingerprint density at radius 1 is 0.472 bits per heavy atom. The van der Waals surface area contributed by atoms with Crippen LogP contribution in [-0.4, -0.2) is 6.10 Å². The van der Waals surface area contributed by atoms with Gasteiger partial charge in [-0.05, 0) is 104 Å². The number of hydrogen-bond donors (Lipinski definition) is 1. The minimum Gasteiger partial charge on any atom is -0.485 e. The van der Waals surface area contributed by atoms with Crippen molar-refractivity contribution in [2.24, 2.45) is 0 Å². The molecule has 53 heavy (non-hydrogen) atoms. The molecule has 11 rings (SSSR count). The van der Waals surface area contributed by atoms with Gasteiger partial charge in [-0.15, -0.1) is 0 Å². The number of rotatable bonds is 5. The molecule has 1 aromatic heterocycles. The predicted molar refractivity (Wildman–Crippen MR) is 220 cm³/mol. The summed E-state index contributed by atoms with van der Waals surface area (Å²) in [5, 5.41) is 11.2. The van der Waals surface area contributed by atoms with Gasteiger partial charge in [-0.25, -0.2) is 0 Å². The molecule has 3 heteroatoms. The topological polar surface area (TPSA) is 34.4 Å². The fourth-order valence-electron chi connectivity index (χ4n) is 8.63. The van der Waals surface area contributed by atoms with Gasteiger partial charge in [0.15, 0.2) is 0 Å². The van der Waals surface area contributed by atoms with E-state index in [0.717, 1.165) is 50.2 Å². The van der Waals surface area contributed by atoms with Crippen LogP contribution in [-0.2, 0) is 0 Å². The number of anilines is 2. The maximum Gasteiger partial charge on any atom is 0.135 e. The van der Waals surface area contributed by atoms with Gasteiger partial charge in [-0.3, -0.25) is 0 Å². The number of hydrogen-bond acceptors (Lipinski definition) is 3. The number of ether oxygens (including phenoxy) is 1. The SMILES string of the molecule is C1=CC2Oc3cccc(Nc4ccccc4-c4ccc5oc6ccccc6c5c4)c3C2C(c2cccc(-c3cc4ccccc4c4ccccc34)c2)=C1. The summed E-state index contributed by atoms with van der Waals surface area (Å²) in [6.07, 6.45) is 6.52. The van der Waals surface area contributed by atoms with Crippen LogP contribution in [0.15, 0.2) is 186 Å². The lowest BCUT2D eigenvalue weighted by Crippen LogP contribution is -2.19. The van der Waals surface area contributed by atoms with Gasteiger partial charge in [0.05, 0.1) is 5.92 Å². The van der Waals surface area contributed by atoms with Crippen LogP contribution in [0.4, 0.5) is 11.4 Å². The predicted octanol–water partition coefficient (Wildman–Crippen LogP) is 13.5. The molecular weight excluding hydrogens is 647 g/mol. The Morgan fingerprint density at radius 2 is 1.19 bits per heavy atom. The first-order valence-corrected chi connectivity index (χ1v) is 18.2. The van der Waals surface area contributed by atoms with Crippen molar-refractivity contribution in [2.75, 3.05) is 5.32 Å². The summed E-state index contributed by atoms with van der Waals surface area (Å²) in [6.45, 7) is 0. The van der Waals surface area contributed by atoms with Crippen LogP contribution in [0.3, 0.4) is 0 Å². The zero-order valence-corrected chi connectivity index (χ0v) is 28.8. The average molecular weight is 680 g/mol. The molecule has 2 unspecified atom stereocenters. The first-order valence-electron chi connectivity index (χ1n) is 18.2. The third-order valence-electron chi connectivity index (χ3n) is 11.0. The minimum atomic E-state index is -0.0925. The van der Waals surface area contributed by atoms with Crippen molar-refractivity contribution in [1.29, 1.82) is 0 Å². The highest BCUT2D eigenvalue weighted by Gasteiger charge is 2.39. The van der Waals surface area contributed by atoms with Crippen molar-refractivity contribution in [3.05, 3.63) is 193 Å². The number of nitrogens with one attached hydrogen (secondary N) is 1. The van der Waals surface area contributed by atoms with E-state index in [4.69, 9.17) is 9.15 Å². The second kappa shape index (κ2) is 11.9. The highest BCUT2D eigenvalue weighted by Crippen LogP contribution is 2.52. The van der Waals surface area contributed by atoms with Crippen molar-refractivity contribution >= 4 is 60.4 Å². The summed E-state index contributed by atoms with van der Waals surface area (Å²) in [6, 6.07) is 58.4. The molecule has 0 amide bonds. The Balaban J connectivity index is 0.990. The van der Waals surface area contributed by atoms with Crippen molar-refractivity contribution in [2.45, 2.75) is 12.0 Å². The van der Waals surface area contributed by atoms with Crippen LogP contribution >= 0.6 is 0 Å². The van der Waals surface area contributed by atoms with E-state index < -0.39 is 0 Å². The van der Waals surface area contributed by atoms with Crippen LogP contribution in [0.1, 0.15) is 17.0 Å². The van der Waals surface area contributed by atoms with Crippen molar-refractivity contribution in [1.82, 2.24) is 0 Å². The van der Waals surface area contributed by atoms with Crippen LogP contribution in [0.5, 0.6) is 5.75 Å². The normalized spacial score (nSPS) is 16.1. The Hall–Kier alpha value is -6.84. The Kier molecular flexibility index (Phi) is 6.68. The summed E-state index contributed by atoms with van der Waals surface area (Å²) in [5.41, 5.74) is 12.2. The number of allylic oxidation sites excluding steroid dienone is 2. The molecule has 8 aromatic carbocycles. The monoisotopic (exact) mass is 679 g/mol. The smallest absolute Gasteiger partial charge is 0.135 e. The third-order valence-corrected chi connectivity index (χ3v) is 11.0. The van der Waals surface area contributed by atoms with Gasteiger partial charge in [-0.1, -0.05) is 127 Å². The van der Waals surface area contributed by atoms with E-state index in [-0.39, 0.29) is 12.0 Å². The highest BCUT2D eigenvalue weighted by molar-refractivity contribution is 6.14. The molecule has 2 atom stereocenters. The molecule has 0 fully saturated rings. The maximum absolute atomic E-state index is 6.68. The van der Waals surface area contributed by atoms with Gasteiger partial charge >= 0.3 is 0 Å². The molecule has 0 radical (unpaired) electrons. The molecule has 250 valence electrons. The van der Waals surface area contributed by atoms with E-state index in [2.05, 4.69) is 175 Å². The van der Waals surface area contributed by atoms with E-state index in [1.54, 1.807) is 0 Å². The lowest BCUT2D eigenvalue weighted by atomic mass is 9.80. The summed E-state index contributed by atoms with van der Waals surface area (Å²) < 4.78 is 12.8. The first-order chi connectivity index (χ1) is 26.3. The summed E-state index contributed by atoms with van der Waals surface area (Å²) >= 11 is 0. The molecule has 0 spiro atoms.